The van der Waals surface area contributed by atoms with Crippen molar-refractivity contribution in [3.05, 3.63) is 117 Å². The lowest BCUT2D eigenvalue weighted by molar-refractivity contribution is -0.142. The van der Waals surface area contributed by atoms with Crippen molar-refractivity contribution in [2.75, 3.05) is 14.1 Å². The standard InChI is InChI=1S/C41H42FN3O7/c1-40(2,3)45-18-26-27(19-45)35(50-20-22-12-8-6-9-13-22)30-25(32(26)42)16-24-17-28-33(44(4)5)36-31(38(48)41(28,49)37(47)29(24)34(30)46)39(43-52-36)51-21-23-14-10-7-11-15-23/h6-15,24,28,33,46,49H,16-21H2,1-5H3/t24-,28-,33-,41-/m0/s1. The number of nitrogens with zero attached hydrogens (tertiary/aromatic N) is 3. The fourth-order valence-corrected chi connectivity index (χ4v) is 8.57. The van der Waals surface area contributed by atoms with E-state index in [0.717, 1.165) is 11.1 Å². The van der Waals surface area contributed by atoms with Crippen LogP contribution < -0.4 is 9.47 Å². The first-order valence-electron chi connectivity index (χ1n) is 17.7. The Hall–Kier alpha value is -4.84. The summed E-state index contributed by atoms with van der Waals surface area (Å²) >= 11 is 0. The van der Waals surface area contributed by atoms with Crippen LogP contribution in [-0.4, -0.2) is 62.0 Å². The molecule has 4 atom stereocenters. The van der Waals surface area contributed by atoms with Gasteiger partial charge in [-0.05, 0) is 69.9 Å². The van der Waals surface area contributed by atoms with Gasteiger partial charge in [-0.25, -0.2) is 4.39 Å². The zero-order chi connectivity index (χ0) is 36.7. The molecule has 0 amide bonds. The molecule has 4 aromatic rings. The van der Waals surface area contributed by atoms with Crippen molar-refractivity contribution < 1.29 is 38.2 Å². The molecule has 0 unspecified atom stereocenters. The van der Waals surface area contributed by atoms with E-state index in [0.29, 0.717) is 30.0 Å². The quantitative estimate of drug-likeness (QED) is 0.210. The molecule has 3 aliphatic carbocycles. The van der Waals surface area contributed by atoms with Gasteiger partial charge in [0, 0.05) is 46.8 Å². The van der Waals surface area contributed by atoms with Crippen molar-refractivity contribution in [1.82, 2.24) is 15.0 Å². The van der Waals surface area contributed by atoms with Crippen LogP contribution in [0.3, 0.4) is 0 Å². The van der Waals surface area contributed by atoms with Gasteiger partial charge in [0.1, 0.15) is 36.1 Å². The second-order valence-electron chi connectivity index (χ2n) is 15.6. The topological polar surface area (TPSA) is 126 Å². The normalized spacial score (nSPS) is 24.0. The number of carbonyl (C=O) groups is 2. The molecule has 8 rings (SSSR count). The van der Waals surface area contributed by atoms with Gasteiger partial charge in [0.05, 0.1) is 11.6 Å². The highest BCUT2D eigenvalue weighted by molar-refractivity contribution is 6.26. The van der Waals surface area contributed by atoms with Crippen molar-refractivity contribution >= 4 is 17.3 Å². The molecule has 0 saturated heterocycles. The lowest BCUT2D eigenvalue weighted by Crippen LogP contribution is -2.63. The Labute approximate surface area is 301 Å². The molecule has 52 heavy (non-hydrogen) atoms. The van der Waals surface area contributed by atoms with Gasteiger partial charge in [-0.1, -0.05) is 60.7 Å². The molecule has 10 nitrogen and oxygen atoms in total. The van der Waals surface area contributed by atoms with E-state index in [4.69, 9.17) is 14.0 Å². The summed E-state index contributed by atoms with van der Waals surface area (Å²) in [4.78, 5) is 33.2. The molecule has 3 aromatic carbocycles. The number of Topliss-reactive ketones (excluding diaryl/α,β-unsaturated/α-hetero) is 2. The third-order valence-corrected chi connectivity index (χ3v) is 11.3. The van der Waals surface area contributed by atoms with Crippen molar-refractivity contribution in [3.63, 3.8) is 0 Å². The Morgan fingerprint density at radius 1 is 0.923 bits per heavy atom. The first kappa shape index (κ1) is 34.3. The van der Waals surface area contributed by atoms with Crippen molar-refractivity contribution in [2.24, 2.45) is 11.8 Å². The van der Waals surface area contributed by atoms with Crippen molar-refractivity contribution in [1.29, 1.82) is 0 Å². The van der Waals surface area contributed by atoms with Crippen LogP contribution in [0, 0.1) is 17.7 Å². The number of ether oxygens (including phenoxy) is 2. The molecule has 0 bridgehead atoms. The van der Waals surface area contributed by atoms with E-state index >= 15 is 4.39 Å². The molecule has 0 spiro atoms. The van der Waals surface area contributed by atoms with Gasteiger partial charge in [0.15, 0.2) is 11.4 Å². The maximum absolute atomic E-state index is 16.8. The van der Waals surface area contributed by atoms with E-state index < -0.39 is 46.6 Å². The molecule has 0 radical (unpaired) electrons. The van der Waals surface area contributed by atoms with E-state index in [1.165, 1.54) is 0 Å². The molecule has 1 saturated carbocycles. The minimum absolute atomic E-state index is 0.0758. The van der Waals surface area contributed by atoms with Gasteiger partial charge >= 0.3 is 0 Å². The molecule has 270 valence electrons. The number of aromatic nitrogens is 1. The second-order valence-corrected chi connectivity index (χ2v) is 15.6. The number of hydrogen-bond donors (Lipinski definition) is 2. The molecule has 2 N–H and O–H groups in total. The SMILES string of the molecule is CN(C)[C@@H]1c2onc(OCc3ccccc3)c2C(=O)[C@@]2(O)C(=O)C3=C(O)c4c(c(F)c5c(c4OCc4ccccc4)CN(C(C)(C)C)C5)C[C@H]3C[C@@H]12. The summed E-state index contributed by atoms with van der Waals surface area (Å²) in [6.07, 6.45) is 0.174. The van der Waals surface area contributed by atoms with Crippen LogP contribution in [0.2, 0.25) is 0 Å². The number of aliphatic hydroxyl groups is 2. The highest BCUT2D eigenvalue weighted by Gasteiger charge is 2.65. The van der Waals surface area contributed by atoms with Crippen molar-refractivity contribution in [3.8, 4) is 11.6 Å². The molecule has 1 fully saturated rings. The first-order chi connectivity index (χ1) is 24.8. The molecular formula is C41H42FN3O7. The lowest BCUT2D eigenvalue weighted by Gasteiger charge is -2.49. The van der Waals surface area contributed by atoms with E-state index in [1.54, 1.807) is 19.0 Å². The monoisotopic (exact) mass is 707 g/mol. The van der Waals surface area contributed by atoms with Gasteiger partial charge in [-0.3, -0.25) is 19.4 Å². The zero-order valence-corrected chi connectivity index (χ0v) is 29.9. The number of carbonyl (C=O) groups excluding carboxylic acids is 2. The average Bonchev–Trinajstić information content (AvgIpc) is 3.76. The van der Waals surface area contributed by atoms with Crippen LogP contribution >= 0.6 is 0 Å². The molecule has 1 aliphatic heterocycles. The van der Waals surface area contributed by atoms with Crippen LogP contribution in [0.1, 0.15) is 82.7 Å². The minimum atomic E-state index is -2.57. The maximum Gasteiger partial charge on any atom is 0.265 e. The number of rotatable bonds is 7. The molecule has 4 aliphatic rings. The van der Waals surface area contributed by atoms with Gasteiger partial charge in [0.2, 0.25) is 11.6 Å². The third kappa shape index (κ3) is 5.20. The Balaban J connectivity index is 1.24. The van der Waals surface area contributed by atoms with E-state index in [1.807, 2.05) is 60.7 Å². The predicted octanol–water partition coefficient (Wildman–Crippen LogP) is 6.35. The number of hydrogen-bond acceptors (Lipinski definition) is 10. The largest absolute Gasteiger partial charge is 0.507 e. The van der Waals surface area contributed by atoms with Crippen LogP contribution in [0.5, 0.6) is 11.6 Å². The highest BCUT2D eigenvalue weighted by Crippen LogP contribution is 2.57. The third-order valence-electron chi connectivity index (χ3n) is 11.3. The molecule has 2 heterocycles. The number of aliphatic hydroxyl groups excluding tert-OH is 1. The lowest BCUT2D eigenvalue weighted by atomic mass is 9.57. The fourth-order valence-electron chi connectivity index (χ4n) is 8.57. The smallest absolute Gasteiger partial charge is 0.265 e. The summed E-state index contributed by atoms with van der Waals surface area (Å²) in [6.45, 7) is 7.16. The van der Waals surface area contributed by atoms with E-state index in [-0.39, 0.29) is 65.5 Å². The highest BCUT2D eigenvalue weighted by atomic mass is 19.1. The summed E-state index contributed by atoms with van der Waals surface area (Å²) < 4.78 is 35.0. The molecule has 1 aromatic heterocycles. The number of ketones is 2. The molecular weight excluding hydrogens is 665 g/mol. The number of benzene rings is 3. The van der Waals surface area contributed by atoms with Gasteiger partial charge in [-0.2, -0.15) is 0 Å². The first-order valence-corrected chi connectivity index (χ1v) is 17.7. The maximum atomic E-state index is 16.8. The summed E-state index contributed by atoms with van der Waals surface area (Å²) in [7, 11) is 3.53. The van der Waals surface area contributed by atoms with Gasteiger partial charge < -0.3 is 24.2 Å². The Morgan fingerprint density at radius 2 is 1.54 bits per heavy atom. The van der Waals surface area contributed by atoms with E-state index in [2.05, 4.69) is 30.8 Å². The van der Waals surface area contributed by atoms with Gasteiger partial charge in [-0.15, -0.1) is 0 Å². The van der Waals surface area contributed by atoms with Crippen molar-refractivity contribution in [2.45, 2.75) is 77.1 Å². The molecule has 11 heteroatoms. The minimum Gasteiger partial charge on any atom is -0.507 e. The van der Waals surface area contributed by atoms with E-state index in [9.17, 15) is 19.8 Å². The second kappa shape index (κ2) is 12.4. The number of halogens is 1. The van der Waals surface area contributed by atoms with Crippen LogP contribution in [0.4, 0.5) is 4.39 Å². The van der Waals surface area contributed by atoms with Crippen LogP contribution in [-0.2, 0) is 37.5 Å². The summed E-state index contributed by atoms with van der Waals surface area (Å²) in [5, 5.41) is 28.7. The van der Waals surface area contributed by atoms with Crippen LogP contribution in [0.25, 0.3) is 5.76 Å². The summed E-state index contributed by atoms with van der Waals surface area (Å²) in [5.74, 6) is -3.99. The fraction of sp³-hybridized carbons (Fsp3) is 0.390. The Kier molecular flexibility index (Phi) is 8.16. The van der Waals surface area contributed by atoms with Gasteiger partial charge in [0.25, 0.3) is 5.88 Å². The van der Waals surface area contributed by atoms with Crippen LogP contribution in [0.15, 0.2) is 70.8 Å². The Bertz CT molecular complexity index is 2120. The average molecular weight is 708 g/mol. The predicted molar refractivity (Wildman–Crippen MR) is 189 cm³/mol. The Morgan fingerprint density at radius 3 is 2.15 bits per heavy atom. The summed E-state index contributed by atoms with van der Waals surface area (Å²) in [6, 6.07) is 18.1. The number of fused-ring (bicyclic) bond motifs is 5. The summed E-state index contributed by atoms with van der Waals surface area (Å²) in [5.41, 5.74) is 0.150. The zero-order valence-electron chi connectivity index (χ0n) is 29.9.